The van der Waals surface area contributed by atoms with Gasteiger partial charge in [-0.1, -0.05) is 133 Å². The minimum absolute atomic E-state index is 0.857. The van der Waals surface area contributed by atoms with Gasteiger partial charge in [0.1, 0.15) is 16.0 Å². The van der Waals surface area contributed by atoms with Crippen LogP contribution in [0.1, 0.15) is 0 Å². The van der Waals surface area contributed by atoms with Gasteiger partial charge in [-0.25, -0.2) is 9.97 Å². The molecule has 0 aliphatic carbocycles. The van der Waals surface area contributed by atoms with Crippen LogP contribution in [0.25, 0.3) is 112 Å². The Balaban J connectivity index is 1.35. The second-order valence-electron chi connectivity index (χ2n) is 13.3. The van der Waals surface area contributed by atoms with Crippen LogP contribution in [0.2, 0.25) is 0 Å². The van der Waals surface area contributed by atoms with Gasteiger partial charge >= 0.3 is 0 Å². The Morgan fingerprint density at radius 3 is 1.92 bits per heavy atom. The molecule has 0 aliphatic heterocycles. The van der Waals surface area contributed by atoms with E-state index in [0.29, 0.717) is 0 Å². The molecule has 8 aromatic carbocycles. The summed E-state index contributed by atoms with van der Waals surface area (Å²) in [6.45, 7) is 0. The van der Waals surface area contributed by atoms with Crippen molar-refractivity contribution in [3.63, 3.8) is 0 Å². The van der Waals surface area contributed by atoms with E-state index in [1.807, 2.05) is 11.3 Å². The van der Waals surface area contributed by atoms with E-state index >= 15 is 0 Å². The van der Waals surface area contributed by atoms with Crippen molar-refractivity contribution in [1.29, 1.82) is 0 Å². The summed E-state index contributed by atoms with van der Waals surface area (Å²) in [5.74, 6) is 0.857. The van der Waals surface area contributed by atoms with E-state index < -0.39 is 0 Å². The Bertz CT molecular complexity index is 3430. The first-order valence-corrected chi connectivity index (χ1v) is 18.8. The molecule has 236 valence electrons. The summed E-state index contributed by atoms with van der Waals surface area (Å²) in [6, 6.07) is 54.9. The first-order chi connectivity index (χ1) is 25.3. The van der Waals surface area contributed by atoms with Gasteiger partial charge in [-0.3, -0.25) is 4.57 Å². The normalized spacial score (nSPS) is 12.3. The lowest BCUT2D eigenvalue weighted by molar-refractivity contribution is 1.09. The third-order valence-corrected chi connectivity index (χ3v) is 12.8. The van der Waals surface area contributed by atoms with Crippen LogP contribution in [-0.4, -0.2) is 14.5 Å². The Morgan fingerprint density at radius 2 is 1.08 bits per heavy atom. The first-order valence-electron chi connectivity index (χ1n) is 17.2. The molecule has 12 rings (SSSR count). The van der Waals surface area contributed by atoms with Gasteiger partial charge in [0.05, 0.1) is 15.7 Å². The van der Waals surface area contributed by atoms with Gasteiger partial charge in [0.15, 0.2) is 5.82 Å². The van der Waals surface area contributed by atoms with Crippen LogP contribution in [-0.2, 0) is 0 Å². The quantitative estimate of drug-likeness (QED) is 0.182. The van der Waals surface area contributed by atoms with Crippen molar-refractivity contribution in [3.8, 4) is 17.1 Å². The van der Waals surface area contributed by atoms with E-state index in [1.54, 1.807) is 11.3 Å². The summed E-state index contributed by atoms with van der Waals surface area (Å²) in [4.78, 5) is 12.2. The largest absolute Gasteiger partial charge is 0.290 e. The predicted molar refractivity (Wildman–Crippen MR) is 220 cm³/mol. The number of rotatable bonds is 2. The third-order valence-electron chi connectivity index (χ3n) is 10.6. The average Bonchev–Trinajstić information content (AvgIpc) is 3.87. The highest BCUT2D eigenvalue weighted by molar-refractivity contribution is 7.27. The number of hydrogen-bond acceptors (Lipinski definition) is 4. The second-order valence-corrected chi connectivity index (χ2v) is 15.3. The van der Waals surface area contributed by atoms with Gasteiger partial charge in [0, 0.05) is 41.9 Å². The Labute approximate surface area is 299 Å². The number of fused-ring (bicyclic) bond motifs is 16. The summed E-state index contributed by atoms with van der Waals surface area (Å²) in [7, 11) is 0. The van der Waals surface area contributed by atoms with Crippen molar-refractivity contribution < 1.29 is 0 Å². The van der Waals surface area contributed by atoms with E-state index in [2.05, 4.69) is 156 Å². The van der Waals surface area contributed by atoms with Crippen LogP contribution in [0.15, 0.2) is 152 Å². The summed E-state index contributed by atoms with van der Waals surface area (Å²) in [5.41, 5.74) is 5.23. The summed E-state index contributed by atoms with van der Waals surface area (Å²) >= 11 is 3.61. The van der Waals surface area contributed by atoms with Crippen molar-refractivity contribution >= 4 is 117 Å². The summed E-state index contributed by atoms with van der Waals surface area (Å²) in [5, 5.41) is 13.7. The van der Waals surface area contributed by atoms with Crippen LogP contribution in [0.3, 0.4) is 0 Å². The first kappa shape index (κ1) is 27.7. The van der Waals surface area contributed by atoms with E-state index in [1.165, 1.54) is 73.5 Å². The van der Waals surface area contributed by atoms with E-state index in [-0.39, 0.29) is 0 Å². The van der Waals surface area contributed by atoms with Crippen LogP contribution in [0, 0.1) is 0 Å². The van der Waals surface area contributed by atoms with Gasteiger partial charge in [-0.2, -0.15) is 0 Å². The lowest BCUT2D eigenvalue weighted by atomic mass is 9.96. The van der Waals surface area contributed by atoms with Crippen molar-refractivity contribution in [2.75, 3.05) is 0 Å². The molecule has 0 spiro atoms. The molecule has 0 bridgehead atoms. The number of aromatic nitrogens is 3. The Kier molecular flexibility index (Phi) is 5.53. The topological polar surface area (TPSA) is 30.7 Å². The third kappa shape index (κ3) is 3.71. The highest BCUT2D eigenvalue weighted by Crippen LogP contribution is 2.50. The van der Waals surface area contributed by atoms with Crippen LogP contribution in [0.4, 0.5) is 0 Å². The van der Waals surface area contributed by atoms with Gasteiger partial charge in [-0.15, -0.1) is 22.7 Å². The van der Waals surface area contributed by atoms with Gasteiger partial charge in [0.2, 0.25) is 0 Å². The molecule has 0 atom stereocenters. The molecule has 51 heavy (non-hydrogen) atoms. The lowest BCUT2D eigenvalue weighted by Gasteiger charge is -2.15. The summed E-state index contributed by atoms with van der Waals surface area (Å²) < 4.78 is 6.19. The number of hydrogen-bond donors (Lipinski definition) is 0. The van der Waals surface area contributed by atoms with Crippen LogP contribution in [0.5, 0.6) is 0 Å². The standard InChI is InChI=1S/C46H25N3S2/c1-3-15-28-26(12-1)14-11-21-32(28)41-45(48-46-42(47-41)34-20-8-10-23-36(34)51-46)49-35-22-9-7-19-33(35)38-30-17-5-6-18-31(30)40-39-29-16-4-2-13-27(29)24-25-37(39)50-44(40)43(38)49/h1-25H. The number of thiophene rings is 2. The Hall–Kier alpha value is -6.14. The maximum absolute atomic E-state index is 5.65. The minimum atomic E-state index is 0.857. The molecule has 0 N–H and O–H groups in total. The molecule has 0 amide bonds. The molecule has 3 nitrogen and oxygen atoms in total. The molecule has 0 radical (unpaired) electrons. The van der Waals surface area contributed by atoms with Gasteiger partial charge < -0.3 is 0 Å². The SMILES string of the molecule is c1ccc2c(-c3nc4c(nc3-n3c5ccccc5c5c6ccccc6c6c(sc7ccc8ccccc8c76)c53)sc3ccccc34)cccc2c1. The second kappa shape index (κ2) is 10.2. The average molecular weight is 684 g/mol. The van der Waals surface area contributed by atoms with Crippen LogP contribution < -0.4 is 0 Å². The fourth-order valence-electron chi connectivity index (χ4n) is 8.44. The smallest absolute Gasteiger partial charge is 0.166 e. The highest BCUT2D eigenvalue weighted by atomic mass is 32.1. The number of para-hydroxylation sites is 1. The molecule has 12 aromatic rings. The molecule has 0 unspecified atom stereocenters. The zero-order valence-electron chi connectivity index (χ0n) is 27.1. The minimum Gasteiger partial charge on any atom is -0.290 e. The molecule has 0 aliphatic rings. The number of benzene rings is 8. The zero-order valence-corrected chi connectivity index (χ0v) is 28.7. The maximum atomic E-state index is 5.65. The summed E-state index contributed by atoms with van der Waals surface area (Å²) in [6.07, 6.45) is 0. The van der Waals surface area contributed by atoms with Crippen molar-refractivity contribution in [3.05, 3.63) is 152 Å². The molecular weight excluding hydrogens is 659 g/mol. The molecule has 4 heterocycles. The lowest BCUT2D eigenvalue weighted by Crippen LogP contribution is -2.03. The Morgan fingerprint density at radius 1 is 0.431 bits per heavy atom. The molecule has 0 fully saturated rings. The fourth-order valence-corrected chi connectivity index (χ4v) is 10.7. The van der Waals surface area contributed by atoms with Gasteiger partial charge in [-0.05, 0) is 50.5 Å². The molecule has 5 heteroatoms. The molecule has 0 saturated heterocycles. The zero-order chi connectivity index (χ0) is 33.2. The van der Waals surface area contributed by atoms with E-state index in [0.717, 1.165) is 38.3 Å². The molecule has 4 aromatic heterocycles. The number of nitrogens with zero attached hydrogens (tertiary/aromatic N) is 3. The molecule has 0 saturated carbocycles. The van der Waals surface area contributed by atoms with Crippen molar-refractivity contribution in [2.24, 2.45) is 0 Å². The molecular formula is C46H25N3S2. The predicted octanol–water partition coefficient (Wildman–Crippen LogP) is 13.4. The van der Waals surface area contributed by atoms with E-state index in [4.69, 9.17) is 9.97 Å². The maximum Gasteiger partial charge on any atom is 0.166 e. The fraction of sp³-hybridized carbons (Fsp3) is 0. The van der Waals surface area contributed by atoms with Crippen molar-refractivity contribution in [2.45, 2.75) is 0 Å². The van der Waals surface area contributed by atoms with Crippen LogP contribution >= 0.6 is 22.7 Å². The monoisotopic (exact) mass is 683 g/mol. The van der Waals surface area contributed by atoms with E-state index in [9.17, 15) is 0 Å². The highest BCUT2D eigenvalue weighted by Gasteiger charge is 2.26. The van der Waals surface area contributed by atoms with Gasteiger partial charge in [0.25, 0.3) is 0 Å². The van der Waals surface area contributed by atoms with Crippen molar-refractivity contribution in [1.82, 2.24) is 14.5 Å².